The lowest BCUT2D eigenvalue weighted by Gasteiger charge is -2.37. The minimum absolute atomic E-state index is 0.364. The van der Waals surface area contributed by atoms with Gasteiger partial charge in [-0.3, -0.25) is 0 Å². The Kier molecular flexibility index (Phi) is 3.90. The molecule has 1 aromatic carbocycles. The standard InChI is InChI=1S/C20H31N/c1-14(2)21-10-8-16(9-11-21)18-13-20(4,5)19-7-6-15(3)12-17(18)19/h6-7,12,14,16,18H,8-11,13H2,1-5H3. The van der Waals surface area contributed by atoms with E-state index in [1.807, 2.05) is 0 Å². The molecule has 1 aliphatic carbocycles. The van der Waals surface area contributed by atoms with Gasteiger partial charge in [-0.25, -0.2) is 0 Å². The lowest BCUT2D eigenvalue weighted by atomic mass is 9.78. The molecule has 116 valence electrons. The minimum Gasteiger partial charge on any atom is -0.301 e. The van der Waals surface area contributed by atoms with Crippen molar-refractivity contribution in [3.8, 4) is 0 Å². The molecule has 0 aromatic heterocycles. The van der Waals surface area contributed by atoms with Gasteiger partial charge in [0, 0.05) is 6.04 Å². The van der Waals surface area contributed by atoms with Crippen LogP contribution in [0.2, 0.25) is 0 Å². The van der Waals surface area contributed by atoms with E-state index in [1.54, 1.807) is 11.1 Å². The summed E-state index contributed by atoms with van der Waals surface area (Å²) in [6.45, 7) is 14.4. The zero-order valence-corrected chi connectivity index (χ0v) is 14.4. The van der Waals surface area contributed by atoms with Crippen molar-refractivity contribution in [1.29, 1.82) is 0 Å². The molecule has 0 saturated carbocycles. The Labute approximate surface area is 130 Å². The summed E-state index contributed by atoms with van der Waals surface area (Å²) in [7, 11) is 0. The van der Waals surface area contributed by atoms with Crippen LogP contribution in [0.4, 0.5) is 0 Å². The molecule has 3 rings (SSSR count). The van der Waals surface area contributed by atoms with E-state index in [1.165, 1.54) is 37.9 Å². The van der Waals surface area contributed by atoms with Gasteiger partial charge in [-0.1, -0.05) is 37.6 Å². The number of fused-ring (bicyclic) bond motifs is 1. The van der Waals surface area contributed by atoms with Crippen LogP contribution in [0.5, 0.6) is 0 Å². The maximum Gasteiger partial charge on any atom is 0.00385 e. The first kappa shape index (κ1) is 15.1. The predicted molar refractivity (Wildman–Crippen MR) is 91.0 cm³/mol. The van der Waals surface area contributed by atoms with Crippen molar-refractivity contribution < 1.29 is 0 Å². The van der Waals surface area contributed by atoms with Crippen LogP contribution in [0.15, 0.2) is 18.2 Å². The zero-order chi connectivity index (χ0) is 15.2. The molecule has 0 N–H and O–H groups in total. The van der Waals surface area contributed by atoms with Crippen LogP contribution in [0, 0.1) is 12.8 Å². The molecule has 0 spiro atoms. The van der Waals surface area contributed by atoms with Gasteiger partial charge < -0.3 is 4.90 Å². The smallest absolute Gasteiger partial charge is 0.00385 e. The van der Waals surface area contributed by atoms with Gasteiger partial charge in [-0.05, 0) is 81.5 Å². The number of benzene rings is 1. The molecule has 1 heteroatoms. The molecule has 1 saturated heterocycles. The Morgan fingerprint density at radius 3 is 2.43 bits per heavy atom. The van der Waals surface area contributed by atoms with Gasteiger partial charge in [0.1, 0.15) is 0 Å². The summed E-state index contributed by atoms with van der Waals surface area (Å²) in [6, 6.07) is 7.88. The number of rotatable bonds is 2. The van der Waals surface area contributed by atoms with Crippen molar-refractivity contribution in [1.82, 2.24) is 4.90 Å². The summed E-state index contributed by atoms with van der Waals surface area (Å²) < 4.78 is 0. The summed E-state index contributed by atoms with van der Waals surface area (Å²) in [5, 5.41) is 0. The van der Waals surface area contributed by atoms with E-state index in [0.29, 0.717) is 11.5 Å². The van der Waals surface area contributed by atoms with E-state index >= 15 is 0 Å². The second kappa shape index (κ2) is 5.43. The lowest BCUT2D eigenvalue weighted by Crippen LogP contribution is -2.39. The number of aryl methyl sites for hydroxylation is 1. The minimum atomic E-state index is 0.364. The Morgan fingerprint density at radius 2 is 1.81 bits per heavy atom. The molecule has 0 radical (unpaired) electrons. The van der Waals surface area contributed by atoms with Gasteiger partial charge in [0.15, 0.2) is 0 Å². The molecule has 2 aliphatic rings. The van der Waals surface area contributed by atoms with E-state index in [0.717, 1.165) is 11.8 Å². The van der Waals surface area contributed by atoms with Crippen LogP contribution in [0.1, 0.15) is 69.6 Å². The van der Waals surface area contributed by atoms with Crippen molar-refractivity contribution in [2.24, 2.45) is 5.92 Å². The quantitative estimate of drug-likeness (QED) is 0.748. The average molecular weight is 285 g/mol. The van der Waals surface area contributed by atoms with Crippen LogP contribution < -0.4 is 0 Å². The van der Waals surface area contributed by atoms with Crippen LogP contribution in [-0.2, 0) is 5.41 Å². The third-order valence-corrected chi connectivity index (χ3v) is 5.94. The third-order valence-electron chi connectivity index (χ3n) is 5.94. The molecule has 1 unspecified atom stereocenters. The van der Waals surface area contributed by atoms with Crippen molar-refractivity contribution in [3.63, 3.8) is 0 Å². The normalized spacial score (nSPS) is 26.3. The molecule has 1 heterocycles. The Balaban J connectivity index is 1.81. The molecule has 0 amide bonds. The van der Waals surface area contributed by atoms with E-state index in [9.17, 15) is 0 Å². The largest absolute Gasteiger partial charge is 0.301 e. The summed E-state index contributed by atoms with van der Waals surface area (Å²) in [5.41, 5.74) is 5.08. The number of hydrogen-bond donors (Lipinski definition) is 0. The average Bonchev–Trinajstić information content (AvgIpc) is 2.70. The molecular weight excluding hydrogens is 254 g/mol. The first-order valence-corrected chi connectivity index (χ1v) is 8.73. The second-order valence-electron chi connectivity index (χ2n) is 8.25. The SMILES string of the molecule is Cc1ccc2c(c1)C(C1CCN(C(C)C)CC1)CC2(C)C. The number of hydrogen-bond acceptors (Lipinski definition) is 1. The highest BCUT2D eigenvalue weighted by molar-refractivity contribution is 5.44. The monoisotopic (exact) mass is 285 g/mol. The van der Waals surface area contributed by atoms with Gasteiger partial charge in [-0.15, -0.1) is 0 Å². The maximum absolute atomic E-state index is 2.65. The summed E-state index contributed by atoms with van der Waals surface area (Å²) in [4.78, 5) is 2.65. The summed E-state index contributed by atoms with van der Waals surface area (Å²) in [6.07, 6.45) is 4.11. The van der Waals surface area contributed by atoms with Gasteiger partial charge in [0.25, 0.3) is 0 Å². The number of likely N-dealkylation sites (tertiary alicyclic amines) is 1. The summed E-state index contributed by atoms with van der Waals surface area (Å²) >= 11 is 0. The van der Waals surface area contributed by atoms with Gasteiger partial charge in [0.05, 0.1) is 0 Å². The highest BCUT2D eigenvalue weighted by Crippen LogP contribution is 2.51. The third kappa shape index (κ3) is 2.77. The fourth-order valence-corrected chi connectivity index (χ4v) is 4.63. The highest BCUT2D eigenvalue weighted by atomic mass is 15.1. The van der Waals surface area contributed by atoms with E-state index in [2.05, 4.69) is 57.7 Å². The number of piperidine rings is 1. The van der Waals surface area contributed by atoms with Crippen molar-refractivity contribution in [2.75, 3.05) is 13.1 Å². The maximum atomic E-state index is 2.65. The van der Waals surface area contributed by atoms with E-state index in [-0.39, 0.29) is 0 Å². The van der Waals surface area contributed by atoms with Crippen LogP contribution in [0.25, 0.3) is 0 Å². The van der Waals surface area contributed by atoms with Gasteiger partial charge in [0.2, 0.25) is 0 Å². The van der Waals surface area contributed by atoms with Crippen LogP contribution >= 0.6 is 0 Å². The molecule has 0 bridgehead atoms. The Morgan fingerprint density at radius 1 is 1.14 bits per heavy atom. The molecule has 1 nitrogen and oxygen atoms in total. The molecule has 1 fully saturated rings. The predicted octanol–water partition coefficient (Wildman–Crippen LogP) is 4.88. The molecule has 1 aromatic rings. The summed E-state index contributed by atoms with van der Waals surface area (Å²) in [5.74, 6) is 1.69. The topological polar surface area (TPSA) is 3.24 Å². The van der Waals surface area contributed by atoms with Gasteiger partial charge in [-0.2, -0.15) is 0 Å². The second-order valence-corrected chi connectivity index (χ2v) is 8.25. The van der Waals surface area contributed by atoms with Crippen molar-refractivity contribution in [2.45, 2.75) is 71.3 Å². The van der Waals surface area contributed by atoms with Crippen LogP contribution in [-0.4, -0.2) is 24.0 Å². The van der Waals surface area contributed by atoms with E-state index in [4.69, 9.17) is 0 Å². The van der Waals surface area contributed by atoms with Crippen molar-refractivity contribution >= 4 is 0 Å². The van der Waals surface area contributed by atoms with Crippen LogP contribution in [0.3, 0.4) is 0 Å². The Bertz CT molecular complexity index is 507. The Hall–Kier alpha value is -0.820. The van der Waals surface area contributed by atoms with E-state index < -0.39 is 0 Å². The molecule has 1 atom stereocenters. The van der Waals surface area contributed by atoms with Crippen molar-refractivity contribution in [3.05, 3.63) is 34.9 Å². The fraction of sp³-hybridized carbons (Fsp3) is 0.700. The molecule has 21 heavy (non-hydrogen) atoms. The number of nitrogens with zero attached hydrogens (tertiary/aromatic N) is 1. The molecule has 1 aliphatic heterocycles. The highest BCUT2D eigenvalue weighted by Gasteiger charge is 2.41. The zero-order valence-electron chi connectivity index (χ0n) is 14.4. The first-order chi connectivity index (χ1) is 9.88. The fourth-order valence-electron chi connectivity index (χ4n) is 4.63. The first-order valence-electron chi connectivity index (χ1n) is 8.73. The lowest BCUT2D eigenvalue weighted by molar-refractivity contribution is 0.134. The molecular formula is C20H31N. The van der Waals surface area contributed by atoms with Gasteiger partial charge >= 0.3 is 0 Å².